The topological polar surface area (TPSA) is 3.24 Å². The van der Waals surface area contributed by atoms with E-state index < -0.39 is 0 Å². The van der Waals surface area contributed by atoms with Gasteiger partial charge in [0.2, 0.25) is 0 Å². The van der Waals surface area contributed by atoms with E-state index in [-0.39, 0.29) is 22.3 Å². The molecule has 0 N–H and O–H groups in total. The Morgan fingerprint density at radius 2 is 1.29 bits per heavy atom. The molecule has 0 spiro atoms. The summed E-state index contributed by atoms with van der Waals surface area (Å²) in [5, 5.41) is 7.68. The quantitative estimate of drug-likeness (QED) is 0.163. The van der Waals surface area contributed by atoms with Crippen molar-refractivity contribution >= 4 is 50.6 Å². The molecule has 0 bridgehead atoms. The molecule has 1 heteroatoms. The summed E-state index contributed by atoms with van der Waals surface area (Å²) in [6.45, 7) is 27.5. The second kappa shape index (κ2) is 13.8. The number of hydrogen-bond donors (Lipinski definition) is 0. The Balaban J connectivity index is 1.40. The number of rotatable bonds is 5. The van der Waals surface area contributed by atoms with Crippen LogP contribution in [0.3, 0.4) is 0 Å². The van der Waals surface area contributed by atoms with E-state index in [1.807, 2.05) is 0 Å². The molecule has 5 aromatic carbocycles. The number of fused-ring (bicyclic) bond motifs is 2. The summed E-state index contributed by atoms with van der Waals surface area (Å²) >= 11 is 0. The van der Waals surface area contributed by atoms with Crippen LogP contribution in [0.2, 0.25) is 0 Å². The minimum Gasteiger partial charge on any atom is -0.333 e. The number of benzene rings is 5. The van der Waals surface area contributed by atoms with Gasteiger partial charge in [-0.1, -0.05) is 184 Å². The summed E-state index contributed by atoms with van der Waals surface area (Å²) in [6, 6.07) is 32.4. The Hall–Kier alpha value is -5.14. The van der Waals surface area contributed by atoms with Gasteiger partial charge in [0, 0.05) is 22.4 Å². The van der Waals surface area contributed by atoms with E-state index in [0.717, 1.165) is 18.4 Å². The van der Waals surface area contributed by atoms with Crippen LogP contribution in [-0.2, 0) is 5.41 Å². The van der Waals surface area contributed by atoms with Crippen molar-refractivity contribution in [1.82, 2.24) is 0 Å². The van der Waals surface area contributed by atoms with Crippen molar-refractivity contribution < 1.29 is 0 Å². The number of anilines is 2. The largest absolute Gasteiger partial charge is 0.333 e. The molecule has 3 aliphatic carbocycles. The monoisotopic (exact) mass is 733 g/mol. The predicted molar refractivity (Wildman–Crippen MR) is 245 cm³/mol. The molecule has 0 saturated heterocycles. The van der Waals surface area contributed by atoms with E-state index in [1.54, 1.807) is 0 Å². The van der Waals surface area contributed by atoms with Crippen LogP contribution >= 0.6 is 0 Å². The number of allylic oxidation sites excluding steroid dienone is 7. The highest BCUT2D eigenvalue weighted by molar-refractivity contribution is 6.17. The van der Waals surface area contributed by atoms with Gasteiger partial charge in [-0.15, -0.1) is 0 Å². The van der Waals surface area contributed by atoms with Crippen molar-refractivity contribution in [1.29, 1.82) is 0 Å². The van der Waals surface area contributed by atoms with Gasteiger partial charge in [-0.3, -0.25) is 0 Å². The summed E-state index contributed by atoms with van der Waals surface area (Å²) in [7, 11) is 0. The maximum absolute atomic E-state index is 4.50. The molecule has 2 unspecified atom stereocenters. The van der Waals surface area contributed by atoms with Crippen molar-refractivity contribution in [3.05, 3.63) is 171 Å². The standard InChI is InChI=1S/C55H59N/c1-35(2)44-31-22-37-33-41(55(9,10)11)32-36-20-21-38(51(44)50(36)37)34-49-45-16-12-14-18-47(45)52(48-19-15-13-17-46(48)49)56(42-27-23-39(24-28-42)53(3,4)5)43-29-25-40(26-30-43)54(6,7)8/h12-21,23-29,31-34,37,43H,1,22,30H2,2-11H3/b38-34+. The first-order chi connectivity index (χ1) is 26.5. The number of nitrogens with zero attached hydrogens (tertiary/aromatic N) is 1. The normalized spacial score (nSPS) is 18.6. The Kier molecular flexibility index (Phi) is 9.31. The zero-order valence-corrected chi connectivity index (χ0v) is 35.3. The predicted octanol–water partition coefficient (Wildman–Crippen LogP) is 13.8. The molecule has 8 rings (SSSR count). The third-order valence-corrected chi connectivity index (χ3v) is 12.3. The van der Waals surface area contributed by atoms with E-state index in [9.17, 15) is 0 Å². The Morgan fingerprint density at radius 1 is 0.679 bits per heavy atom. The lowest BCUT2D eigenvalue weighted by Gasteiger charge is -2.37. The highest BCUT2D eigenvalue weighted by atomic mass is 15.2. The Labute approximate surface area is 335 Å². The van der Waals surface area contributed by atoms with Gasteiger partial charge in [0.05, 0.1) is 11.7 Å². The van der Waals surface area contributed by atoms with E-state index in [4.69, 9.17) is 0 Å². The van der Waals surface area contributed by atoms with Crippen LogP contribution in [0.1, 0.15) is 110 Å². The zero-order chi connectivity index (χ0) is 39.7. The lowest BCUT2D eigenvalue weighted by molar-refractivity contribution is 0.510. The second-order valence-corrected chi connectivity index (χ2v) is 19.5. The smallest absolute Gasteiger partial charge is 0.0576 e. The maximum Gasteiger partial charge on any atom is 0.0576 e. The van der Waals surface area contributed by atoms with Gasteiger partial charge in [-0.2, -0.15) is 0 Å². The van der Waals surface area contributed by atoms with Crippen LogP contribution in [0.15, 0.2) is 139 Å². The van der Waals surface area contributed by atoms with Gasteiger partial charge in [0.1, 0.15) is 0 Å². The molecule has 3 aliphatic rings. The highest BCUT2D eigenvalue weighted by Gasteiger charge is 2.30. The van der Waals surface area contributed by atoms with E-state index in [1.165, 1.54) is 82.3 Å². The van der Waals surface area contributed by atoms with Crippen LogP contribution < -0.4 is 15.3 Å². The molecular weight excluding hydrogens is 675 g/mol. The van der Waals surface area contributed by atoms with Crippen LogP contribution in [0.5, 0.6) is 0 Å². The lowest BCUT2D eigenvalue weighted by Crippen LogP contribution is -2.31. The summed E-state index contributed by atoms with van der Waals surface area (Å²) in [6.07, 6.45) is 19.1. The molecule has 56 heavy (non-hydrogen) atoms. The number of hydrogen-bond acceptors (Lipinski definition) is 1. The highest BCUT2D eigenvalue weighted by Crippen LogP contribution is 2.46. The molecule has 0 aromatic heterocycles. The minimum absolute atomic E-state index is 0.0771. The first-order valence-corrected chi connectivity index (χ1v) is 20.7. The van der Waals surface area contributed by atoms with Gasteiger partial charge in [0.25, 0.3) is 0 Å². The van der Waals surface area contributed by atoms with Crippen LogP contribution in [0.4, 0.5) is 11.4 Å². The first kappa shape index (κ1) is 37.8. The Morgan fingerprint density at radius 3 is 1.82 bits per heavy atom. The second-order valence-electron chi connectivity index (χ2n) is 19.5. The molecule has 284 valence electrons. The summed E-state index contributed by atoms with van der Waals surface area (Å²) in [4.78, 5) is 2.62. The molecular formula is C55H59N. The van der Waals surface area contributed by atoms with Crippen molar-refractivity contribution in [2.24, 2.45) is 10.8 Å². The van der Waals surface area contributed by atoms with Crippen LogP contribution in [0.25, 0.3) is 39.3 Å². The van der Waals surface area contributed by atoms with Gasteiger partial charge in [0.15, 0.2) is 0 Å². The molecule has 2 atom stereocenters. The van der Waals surface area contributed by atoms with Gasteiger partial charge < -0.3 is 4.90 Å². The van der Waals surface area contributed by atoms with Gasteiger partial charge in [-0.25, -0.2) is 0 Å². The van der Waals surface area contributed by atoms with Gasteiger partial charge >= 0.3 is 0 Å². The molecule has 0 aliphatic heterocycles. The fraction of sp³-hybridized carbons (Fsp3) is 0.309. The molecule has 0 saturated carbocycles. The summed E-state index contributed by atoms with van der Waals surface area (Å²) in [5.41, 5.74) is 13.4. The van der Waals surface area contributed by atoms with Crippen molar-refractivity contribution in [3.63, 3.8) is 0 Å². The van der Waals surface area contributed by atoms with Crippen LogP contribution in [0, 0.1) is 10.8 Å². The summed E-state index contributed by atoms with van der Waals surface area (Å²) in [5.74, 6) is 0.362. The molecule has 1 nitrogen and oxygen atoms in total. The van der Waals surface area contributed by atoms with Crippen molar-refractivity contribution in [3.8, 4) is 0 Å². The third kappa shape index (κ3) is 6.74. The van der Waals surface area contributed by atoms with Crippen LogP contribution in [-0.4, -0.2) is 6.04 Å². The molecule has 0 heterocycles. The fourth-order valence-corrected chi connectivity index (χ4v) is 9.18. The molecule has 0 fully saturated rings. The van der Waals surface area contributed by atoms with Gasteiger partial charge in [-0.05, 0) is 114 Å². The average Bonchev–Trinajstić information content (AvgIpc) is 3.16. The van der Waals surface area contributed by atoms with E-state index >= 15 is 0 Å². The average molecular weight is 734 g/mol. The third-order valence-electron chi connectivity index (χ3n) is 12.3. The lowest BCUT2D eigenvalue weighted by atomic mass is 9.72. The zero-order valence-electron chi connectivity index (χ0n) is 35.3. The minimum atomic E-state index is 0.0771. The Bertz CT molecular complexity index is 2590. The SMILES string of the molecule is C=C(C)C1=CCC2C=C(C(C)(C)C)C=c3cc/c(=C\c4c5ccccc5c(N(c5ccc(C(C)(C)C)cc5)C5C=CC(C(C)(C)C)=CC5)c5ccccc45)c1c32. The summed E-state index contributed by atoms with van der Waals surface area (Å²) < 4.78 is 0. The molecule has 0 amide bonds. The molecule has 0 radical (unpaired) electrons. The van der Waals surface area contributed by atoms with E-state index in [0.29, 0.717) is 5.92 Å². The van der Waals surface area contributed by atoms with Crippen molar-refractivity contribution in [2.75, 3.05) is 4.90 Å². The first-order valence-electron chi connectivity index (χ1n) is 20.7. The molecule has 5 aromatic rings. The fourth-order valence-electron chi connectivity index (χ4n) is 9.18. The van der Waals surface area contributed by atoms with Crippen molar-refractivity contribution in [2.45, 2.75) is 99.5 Å². The van der Waals surface area contributed by atoms with E-state index in [2.05, 4.69) is 208 Å². The maximum atomic E-state index is 4.50.